The summed E-state index contributed by atoms with van der Waals surface area (Å²) in [6.07, 6.45) is 5.21. The minimum atomic E-state index is -0.407. The smallest absolute Gasteiger partial charge is 0.326 e. The average molecular weight is 259 g/mol. The molecule has 0 heterocycles. The Bertz CT molecular complexity index is 248. The van der Waals surface area contributed by atoms with E-state index in [0.29, 0.717) is 5.25 Å². The van der Waals surface area contributed by atoms with Crippen molar-refractivity contribution in [1.82, 2.24) is 5.32 Å². The van der Waals surface area contributed by atoms with Gasteiger partial charge in [0.05, 0.1) is 7.11 Å². The second-order valence-corrected chi connectivity index (χ2v) is 6.14. The van der Waals surface area contributed by atoms with E-state index in [0.717, 1.165) is 32.2 Å². The Kier molecular flexibility index (Phi) is 6.34. The van der Waals surface area contributed by atoms with Crippen molar-refractivity contribution >= 4 is 17.7 Å². The van der Waals surface area contributed by atoms with E-state index in [1.165, 1.54) is 19.3 Å². The van der Waals surface area contributed by atoms with Crippen LogP contribution in [0.25, 0.3) is 0 Å². The third kappa shape index (κ3) is 3.88. The lowest BCUT2D eigenvalue weighted by Crippen LogP contribution is -2.51. The SMILES string of the molecule is CCCNC1(C(=O)OC)CCC(SCCC)C1. The average Bonchev–Trinajstić information content (AvgIpc) is 2.77. The van der Waals surface area contributed by atoms with Gasteiger partial charge in [0, 0.05) is 5.25 Å². The second-order valence-electron chi connectivity index (χ2n) is 4.74. The van der Waals surface area contributed by atoms with Gasteiger partial charge in [-0.25, -0.2) is 0 Å². The van der Waals surface area contributed by atoms with Crippen molar-refractivity contribution < 1.29 is 9.53 Å². The number of hydrogen-bond acceptors (Lipinski definition) is 4. The number of carbonyl (C=O) groups is 1. The highest BCUT2D eigenvalue weighted by molar-refractivity contribution is 7.99. The van der Waals surface area contributed by atoms with Gasteiger partial charge in [-0.1, -0.05) is 13.8 Å². The van der Waals surface area contributed by atoms with Gasteiger partial charge in [0.25, 0.3) is 0 Å². The molecule has 0 aromatic rings. The Morgan fingerprint density at radius 1 is 1.47 bits per heavy atom. The molecule has 1 fully saturated rings. The molecule has 1 rings (SSSR count). The van der Waals surface area contributed by atoms with Crippen LogP contribution in [0.5, 0.6) is 0 Å². The molecule has 0 aromatic carbocycles. The zero-order valence-electron chi connectivity index (χ0n) is 11.3. The fourth-order valence-electron chi connectivity index (χ4n) is 2.40. The summed E-state index contributed by atoms with van der Waals surface area (Å²) >= 11 is 2.00. The molecule has 2 atom stereocenters. The van der Waals surface area contributed by atoms with Gasteiger partial charge >= 0.3 is 5.97 Å². The van der Waals surface area contributed by atoms with Gasteiger partial charge in [-0.3, -0.25) is 4.79 Å². The van der Waals surface area contributed by atoms with Crippen LogP contribution in [0, 0.1) is 0 Å². The van der Waals surface area contributed by atoms with Crippen LogP contribution in [0.15, 0.2) is 0 Å². The van der Waals surface area contributed by atoms with E-state index in [4.69, 9.17) is 4.74 Å². The summed E-state index contributed by atoms with van der Waals surface area (Å²) in [4.78, 5) is 12.0. The maximum Gasteiger partial charge on any atom is 0.326 e. The number of hydrogen-bond donors (Lipinski definition) is 1. The summed E-state index contributed by atoms with van der Waals surface area (Å²) in [5.41, 5.74) is -0.407. The van der Waals surface area contributed by atoms with E-state index >= 15 is 0 Å². The van der Waals surface area contributed by atoms with Crippen molar-refractivity contribution in [2.75, 3.05) is 19.4 Å². The van der Waals surface area contributed by atoms with Gasteiger partial charge in [-0.15, -0.1) is 0 Å². The molecule has 1 aliphatic rings. The molecule has 3 nitrogen and oxygen atoms in total. The molecule has 17 heavy (non-hydrogen) atoms. The quantitative estimate of drug-likeness (QED) is 0.713. The largest absolute Gasteiger partial charge is 0.468 e. The van der Waals surface area contributed by atoms with Crippen molar-refractivity contribution in [2.24, 2.45) is 0 Å². The molecular weight excluding hydrogens is 234 g/mol. The lowest BCUT2D eigenvalue weighted by Gasteiger charge is -2.27. The van der Waals surface area contributed by atoms with Crippen LogP contribution in [0.2, 0.25) is 0 Å². The number of rotatable bonds is 7. The molecular formula is C13H25NO2S. The molecule has 100 valence electrons. The van der Waals surface area contributed by atoms with Gasteiger partial charge in [0.15, 0.2) is 0 Å². The Hall–Kier alpha value is -0.220. The molecule has 1 N–H and O–H groups in total. The number of esters is 1. The Morgan fingerprint density at radius 2 is 2.24 bits per heavy atom. The van der Waals surface area contributed by atoms with E-state index in [1.807, 2.05) is 11.8 Å². The van der Waals surface area contributed by atoms with Crippen LogP contribution in [0.3, 0.4) is 0 Å². The monoisotopic (exact) mass is 259 g/mol. The first-order valence-corrected chi connectivity index (χ1v) is 7.68. The fourth-order valence-corrected chi connectivity index (χ4v) is 3.66. The Morgan fingerprint density at radius 3 is 2.82 bits per heavy atom. The number of methoxy groups -OCH3 is 1. The molecule has 0 bridgehead atoms. The van der Waals surface area contributed by atoms with Gasteiger partial charge < -0.3 is 10.1 Å². The zero-order chi connectivity index (χ0) is 12.7. The van der Waals surface area contributed by atoms with Gasteiger partial charge in [0.1, 0.15) is 5.54 Å². The molecule has 1 aliphatic carbocycles. The van der Waals surface area contributed by atoms with Gasteiger partial charge in [-0.2, -0.15) is 11.8 Å². The molecule has 0 amide bonds. The molecule has 0 radical (unpaired) electrons. The maximum atomic E-state index is 12.0. The number of carbonyl (C=O) groups excluding carboxylic acids is 1. The van der Waals surface area contributed by atoms with E-state index < -0.39 is 5.54 Å². The number of thioether (sulfide) groups is 1. The second kappa shape index (κ2) is 7.27. The van der Waals surface area contributed by atoms with Crippen LogP contribution >= 0.6 is 11.8 Å². The predicted octanol–water partition coefficient (Wildman–Crippen LogP) is 2.59. The first kappa shape index (κ1) is 14.8. The lowest BCUT2D eigenvalue weighted by molar-refractivity contribution is -0.148. The highest BCUT2D eigenvalue weighted by atomic mass is 32.2. The molecule has 1 saturated carbocycles. The van der Waals surface area contributed by atoms with Crippen molar-refractivity contribution in [2.45, 2.75) is 56.7 Å². The van der Waals surface area contributed by atoms with Crippen LogP contribution in [-0.2, 0) is 9.53 Å². The Labute approximate surface area is 109 Å². The topological polar surface area (TPSA) is 38.3 Å². The predicted molar refractivity (Wildman–Crippen MR) is 73.4 cm³/mol. The highest BCUT2D eigenvalue weighted by Gasteiger charge is 2.45. The summed E-state index contributed by atoms with van der Waals surface area (Å²) < 4.78 is 4.98. The third-order valence-corrected chi connectivity index (χ3v) is 4.83. The molecule has 0 aliphatic heterocycles. The lowest BCUT2D eigenvalue weighted by atomic mass is 9.97. The first-order chi connectivity index (χ1) is 8.18. The van der Waals surface area contributed by atoms with Crippen LogP contribution in [0.4, 0.5) is 0 Å². The third-order valence-electron chi connectivity index (χ3n) is 3.32. The van der Waals surface area contributed by atoms with E-state index in [-0.39, 0.29) is 5.97 Å². The number of nitrogens with one attached hydrogen (secondary N) is 1. The summed E-state index contributed by atoms with van der Waals surface area (Å²) in [6, 6.07) is 0. The van der Waals surface area contributed by atoms with Gasteiger partial charge in [0.2, 0.25) is 0 Å². The van der Waals surface area contributed by atoms with Crippen molar-refractivity contribution in [3.8, 4) is 0 Å². The molecule has 0 aromatic heterocycles. The van der Waals surface area contributed by atoms with Crippen LogP contribution in [0.1, 0.15) is 46.0 Å². The Balaban J connectivity index is 2.57. The van der Waals surface area contributed by atoms with Crippen molar-refractivity contribution in [3.63, 3.8) is 0 Å². The van der Waals surface area contributed by atoms with E-state index in [2.05, 4.69) is 19.2 Å². The zero-order valence-corrected chi connectivity index (χ0v) is 12.1. The van der Waals surface area contributed by atoms with Gasteiger partial charge in [-0.05, 0) is 44.4 Å². The minimum Gasteiger partial charge on any atom is -0.468 e. The normalized spacial score (nSPS) is 28.3. The molecule has 2 unspecified atom stereocenters. The highest BCUT2D eigenvalue weighted by Crippen LogP contribution is 2.38. The summed E-state index contributed by atoms with van der Waals surface area (Å²) in [6.45, 7) is 5.21. The van der Waals surface area contributed by atoms with Crippen molar-refractivity contribution in [3.05, 3.63) is 0 Å². The fraction of sp³-hybridized carbons (Fsp3) is 0.923. The molecule has 4 heteroatoms. The minimum absolute atomic E-state index is 0.0782. The van der Waals surface area contributed by atoms with Crippen LogP contribution < -0.4 is 5.32 Å². The van der Waals surface area contributed by atoms with E-state index in [9.17, 15) is 4.79 Å². The summed E-state index contributed by atoms with van der Waals surface area (Å²) in [7, 11) is 1.49. The maximum absolute atomic E-state index is 12.0. The summed E-state index contributed by atoms with van der Waals surface area (Å²) in [5.74, 6) is 1.11. The standard InChI is InChI=1S/C13H25NO2S/c1-4-8-14-13(12(15)16-3)7-6-11(10-13)17-9-5-2/h11,14H,4-10H2,1-3H3. The van der Waals surface area contributed by atoms with Crippen LogP contribution in [-0.4, -0.2) is 36.2 Å². The number of ether oxygens (including phenoxy) is 1. The van der Waals surface area contributed by atoms with E-state index in [1.54, 1.807) is 0 Å². The molecule has 0 saturated heterocycles. The molecule has 0 spiro atoms. The summed E-state index contributed by atoms with van der Waals surface area (Å²) in [5, 5.41) is 4.02. The first-order valence-electron chi connectivity index (χ1n) is 6.63. The van der Waals surface area contributed by atoms with Crippen molar-refractivity contribution in [1.29, 1.82) is 0 Å².